The molecule has 1 heterocycles. The van der Waals surface area contributed by atoms with E-state index in [0.717, 1.165) is 21.4 Å². The van der Waals surface area contributed by atoms with Gasteiger partial charge in [-0.3, -0.25) is 0 Å². The lowest BCUT2D eigenvalue weighted by molar-refractivity contribution is 0.158. The molecule has 1 aliphatic rings. The number of methoxy groups -OCH3 is 1. The molecule has 0 atom stereocenters. The van der Waals surface area contributed by atoms with Gasteiger partial charge in [0, 0.05) is 22.7 Å². The number of fused-ring (bicyclic) bond motifs is 1. The Morgan fingerprint density at radius 1 is 1.39 bits per heavy atom. The second kappa shape index (κ2) is 5.17. The van der Waals surface area contributed by atoms with E-state index in [1.807, 2.05) is 38.1 Å². The molecule has 0 bridgehead atoms. The Hall–Kier alpha value is -1.24. The summed E-state index contributed by atoms with van der Waals surface area (Å²) < 4.78 is 11.9. The van der Waals surface area contributed by atoms with Gasteiger partial charge in [-0.25, -0.2) is 0 Å². The summed E-state index contributed by atoms with van der Waals surface area (Å²) in [5.41, 5.74) is 1.67. The molecule has 18 heavy (non-hydrogen) atoms. The zero-order valence-electron chi connectivity index (χ0n) is 10.7. The van der Waals surface area contributed by atoms with Crippen molar-refractivity contribution in [1.82, 2.24) is 0 Å². The molecule has 0 amide bonds. The van der Waals surface area contributed by atoms with E-state index in [-0.39, 0.29) is 5.60 Å². The highest BCUT2D eigenvalue weighted by atomic mass is 79.9. The van der Waals surface area contributed by atoms with Crippen LogP contribution in [0.1, 0.15) is 19.4 Å². The van der Waals surface area contributed by atoms with Gasteiger partial charge in [0.15, 0.2) is 0 Å². The lowest BCUT2D eigenvalue weighted by atomic mass is 9.95. The Bertz CT molecular complexity index is 547. The topological polar surface area (TPSA) is 18.5 Å². The fraction of sp³-hybridized carbons (Fsp3) is 0.333. The Labute approximate surface area is 116 Å². The van der Waals surface area contributed by atoms with Crippen LogP contribution in [0.4, 0.5) is 0 Å². The SMILES string of the molecule is COCC#CC1=CC(C)(C)Oc2ccc(Br)cc21. The van der Waals surface area contributed by atoms with E-state index in [1.54, 1.807) is 7.11 Å². The van der Waals surface area contributed by atoms with Crippen molar-refractivity contribution in [1.29, 1.82) is 0 Å². The van der Waals surface area contributed by atoms with Crippen LogP contribution >= 0.6 is 15.9 Å². The quantitative estimate of drug-likeness (QED) is 0.737. The number of ether oxygens (including phenoxy) is 2. The second-order valence-corrected chi connectivity index (χ2v) is 5.55. The first-order valence-electron chi connectivity index (χ1n) is 5.71. The third kappa shape index (κ3) is 2.95. The van der Waals surface area contributed by atoms with Crippen LogP contribution in [-0.4, -0.2) is 19.3 Å². The molecule has 0 N–H and O–H groups in total. The van der Waals surface area contributed by atoms with Gasteiger partial charge in [0.1, 0.15) is 18.0 Å². The number of allylic oxidation sites excluding steroid dienone is 1. The molecule has 2 nitrogen and oxygen atoms in total. The minimum absolute atomic E-state index is 0.335. The number of rotatable bonds is 1. The lowest BCUT2D eigenvalue weighted by Crippen LogP contribution is -2.28. The normalized spacial score (nSPS) is 15.9. The predicted molar refractivity (Wildman–Crippen MR) is 76.5 cm³/mol. The number of benzene rings is 1. The number of hydrogen-bond acceptors (Lipinski definition) is 2. The van der Waals surface area contributed by atoms with Crippen molar-refractivity contribution in [2.24, 2.45) is 0 Å². The van der Waals surface area contributed by atoms with Gasteiger partial charge < -0.3 is 9.47 Å². The van der Waals surface area contributed by atoms with E-state index < -0.39 is 0 Å². The van der Waals surface area contributed by atoms with Gasteiger partial charge in [0.25, 0.3) is 0 Å². The van der Waals surface area contributed by atoms with E-state index in [1.165, 1.54) is 0 Å². The predicted octanol–water partition coefficient (Wildman–Crippen LogP) is 3.65. The first-order valence-corrected chi connectivity index (χ1v) is 6.51. The van der Waals surface area contributed by atoms with Crippen LogP contribution in [0, 0.1) is 11.8 Å². The highest BCUT2D eigenvalue weighted by molar-refractivity contribution is 9.10. The third-order valence-electron chi connectivity index (χ3n) is 2.54. The van der Waals surface area contributed by atoms with Gasteiger partial charge in [-0.05, 0) is 38.1 Å². The summed E-state index contributed by atoms with van der Waals surface area (Å²) >= 11 is 3.47. The highest BCUT2D eigenvalue weighted by Crippen LogP contribution is 2.37. The van der Waals surface area contributed by atoms with Crippen molar-refractivity contribution in [2.75, 3.05) is 13.7 Å². The molecule has 0 aromatic heterocycles. The van der Waals surface area contributed by atoms with Gasteiger partial charge in [0.2, 0.25) is 0 Å². The summed E-state index contributed by atoms with van der Waals surface area (Å²) in [6.45, 7) is 4.48. The third-order valence-corrected chi connectivity index (χ3v) is 3.03. The van der Waals surface area contributed by atoms with Gasteiger partial charge in [-0.1, -0.05) is 27.8 Å². The molecule has 0 saturated carbocycles. The van der Waals surface area contributed by atoms with E-state index >= 15 is 0 Å². The first kappa shape index (κ1) is 13.2. The number of hydrogen-bond donors (Lipinski definition) is 0. The van der Waals surface area contributed by atoms with Gasteiger partial charge in [-0.15, -0.1) is 0 Å². The van der Waals surface area contributed by atoms with Crippen molar-refractivity contribution in [2.45, 2.75) is 19.4 Å². The zero-order valence-corrected chi connectivity index (χ0v) is 12.3. The van der Waals surface area contributed by atoms with Crippen LogP contribution in [0.25, 0.3) is 5.57 Å². The minimum Gasteiger partial charge on any atom is -0.483 e. The molecule has 0 aliphatic carbocycles. The zero-order chi connectivity index (χ0) is 13.2. The molecule has 0 fully saturated rings. The molecular formula is C15H15BrO2. The second-order valence-electron chi connectivity index (χ2n) is 4.64. The average molecular weight is 307 g/mol. The Morgan fingerprint density at radius 2 is 2.17 bits per heavy atom. The van der Waals surface area contributed by atoms with Crippen LogP contribution in [0.3, 0.4) is 0 Å². The van der Waals surface area contributed by atoms with Gasteiger partial charge in [-0.2, -0.15) is 0 Å². The molecule has 3 heteroatoms. The Morgan fingerprint density at radius 3 is 2.89 bits per heavy atom. The summed E-state index contributed by atoms with van der Waals surface area (Å²) in [5, 5.41) is 0. The summed E-state index contributed by atoms with van der Waals surface area (Å²) in [7, 11) is 1.64. The fourth-order valence-corrected chi connectivity index (χ4v) is 2.21. The molecule has 0 unspecified atom stereocenters. The molecular weight excluding hydrogens is 292 g/mol. The van der Waals surface area contributed by atoms with Gasteiger partial charge >= 0.3 is 0 Å². The summed E-state index contributed by atoms with van der Waals surface area (Å²) in [4.78, 5) is 0. The van der Waals surface area contributed by atoms with Crippen LogP contribution in [-0.2, 0) is 4.74 Å². The van der Waals surface area contributed by atoms with Crippen LogP contribution in [0.5, 0.6) is 5.75 Å². The van der Waals surface area contributed by atoms with E-state index in [4.69, 9.17) is 9.47 Å². The maximum atomic E-state index is 5.91. The van der Waals surface area contributed by atoms with E-state index in [0.29, 0.717) is 6.61 Å². The maximum absolute atomic E-state index is 5.91. The number of halogens is 1. The largest absolute Gasteiger partial charge is 0.483 e. The van der Waals surface area contributed by atoms with Crippen LogP contribution < -0.4 is 4.74 Å². The first-order chi connectivity index (χ1) is 8.52. The standard InChI is InChI=1S/C15H15BrO2/c1-15(2)10-11(5-4-8-17-3)13-9-12(16)6-7-14(13)18-15/h6-7,9-10H,8H2,1-3H3. The molecule has 1 aliphatic heterocycles. The molecule has 1 aromatic rings. The summed E-state index contributed by atoms with van der Waals surface area (Å²) in [6, 6.07) is 5.96. The summed E-state index contributed by atoms with van der Waals surface area (Å²) in [5.74, 6) is 7.01. The van der Waals surface area contributed by atoms with Gasteiger partial charge in [0.05, 0.1) is 0 Å². The van der Waals surface area contributed by atoms with Crippen molar-refractivity contribution < 1.29 is 9.47 Å². The van der Waals surface area contributed by atoms with Crippen molar-refractivity contribution in [3.63, 3.8) is 0 Å². The monoisotopic (exact) mass is 306 g/mol. The molecule has 2 rings (SSSR count). The summed E-state index contributed by atoms with van der Waals surface area (Å²) in [6.07, 6.45) is 2.05. The van der Waals surface area contributed by atoms with Crippen LogP contribution in [0.15, 0.2) is 28.7 Å². The van der Waals surface area contributed by atoms with Crippen molar-refractivity contribution in [3.8, 4) is 17.6 Å². The fourth-order valence-electron chi connectivity index (χ4n) is 1.85. The van der Waals surface area contributed by atoms with E-state index in [2.05, 4.69) is 27.8 Å². The molecule has 94 valence electrons. The maximum Gasteiger partial charge on any atom is 0.129 e. The Balaban J connectivity index is 2.46. The molecule has 0 saturated heterocycles. The van der Waals surface area contributed by atoms with Crippen molar-refractivity contribution in [3.05, 3.63) is 34.3 Å². The van der Waals surface area contributed by atoms with Crippen molar-refractivity contribution >= 4 is 21.5 Å². The smallest absolute Gasteiger partial charge is 0.129 e. The molecule has 0 radical (unpaired) electrons. The van der Waals surface area contributed by atoms with E-state index in [9.17, 15) is 0 Å². The molecule has 0 spiro atoms. The lowest BCUT2D eigenvalue weighted by Gasteiger charge is -2.29. The minimum atomic E-state index is -0.335. The average Bonchev–Trinajstić information content (AvgIpc) is 2.29. The van der Waals surface area contributed by atoms with Crippen LogP contribution in [0.2, 0.25) is 0 Å². The highest BCUT2D eigenvalue weighted by Gasteiger charge is 2.25. The molecule has 1 aromatic carbocycles. The Kier molecular flexibility index (Phi) is 3.79.